The Morgan fingerprint density at radius 2 is 1.23 bits per heavy atom. The number of aryl methyl sites for hydroxylation is 1. The van der Waals surface area contributed by atoms with Crippen molar-refractivity contribution >= 4 is 5.97 Å². The molecule has 0 aliphatic rings. The Balaban J connectivity index is 0.0000116. The Hall–Kier alpha value is -1.13. The number of carbonyl (C=O) groups excluding carboxylic acids is 1. The van der Waals surface area contributed by atoms with Gasteiger partial charge in [-0.25, -0.2) is 0 Å². The molecular weight excluding hydrogens is 456 g/mol. The molecule has 0 radical (unpaired) electrons. The average Bonchev–Trinajstić information content (AvgIpc) is 2.78. The standard InChI is InChI=1S/C30H55N2O2.ClH/c1-7-8-9-10-11-12-13-14-15-16-17-18-19-20-21-22-23-32(5,6)25-29-24-31-27(3)30(26(29)2)34-28(4)33;/h24H,7-23,25H2,1-6H3;1H/q+1;/p-1. The first-order chi connectivity index (χ1) is 16.3. The maximum Gasteiger partial charge on any atom is 0.308 e. The molecule has 0 bridgehead atoms. The third kappa shape index (κ3) is 16.3. The van der Waals surface area contributed by atoms with Crippen LogP contribution in [0.5, 0.6) is 5.75 Å². The topological polar surface area (TPSA) is 39.2 Å². The van der Waals surface area contributed by atoms with Gasteiger partial charge in [0.25, 0.3) is 0 Å². The maximum atomic E-state index is 11.4. The first-order valence-corrected chi connectivity index (χ1v) is 14.2. The molecule has 0 spiro atoms. The fourth-order valence-electron chi connectivity index (χ4n) is 4.83. The molecule has 5 heteroatoms. The van der Waals surface area contributed by atoms with E-state index >= 15 is 0 Å². The molecule has 4 nitrogen and oxygen atoms in total. The minimum Gasteiger partial charge on any atom is -1.00 e. The maximum absolute atomic E-state index is 11.4. The zero-order valence-corrected chi connectivity index (χ0v) is 24.7. The molecule has 0 fully saturated rings. The molecule has 0 unspecified atom stereocenters. The predicted molar refractivity (Wildman–Crippen MR) is 145 cm³/mol. The highest BCUT2D eigenvalue weighted by Gasteiger charge is 2.20. The van der Waals surface area contributed by atoms with E-state index in [4.69, 9.17) is 4.74 Å². The van der Waals surface area contributed by atoms with Crippen LogP contribution in [-0.2, 0) is 11.3 Å². The van der Waals surface area contributed by atoms with Gasteiger partial charge in [-0.15, -0.1) is 0 Å². The predicted octanol–water partition coefficient (Wildman–Crippen LogP) is 5.47. The molecular formula is C30H55ClN2O2. The van der Waals surface area contributed by atoms with Gasteiger partial charge < -0.3 is 21.6 Å². The van der Waals surface area contributed by atoms with Crippen molar-refractivity contribution in [1.82, 2.24) is 4.98 Å². The molecule has 1 aromatic heterocycles. The van der Waals surface area contributed by atoms with Gasteiger partial charge in [0.15, 0.2) is 5.75 Å². The van der Waals surface area contributed by atoms with Gasteiger partial charge in [0.1, 0.15) is 6.54 Å². The minimum absolute atomic E-state index is 0. The third-order valence-electron chi connectivity index (χ3n) is 7.03. The van der Waals surface area contributed by atoms with E-state index < -0.39 is 0 Å². The van der Waals surface area contributed by atoms with Crippen LogP contribution in [0.3, 0.4) is 0 Å². The van der Waals surface area contributed by atoms with Gasteiger partial charge in [-0.3, -0.25) is 9.78 Å². The summed E-state index contributed by atoms with van der Waals surface area (Å²) in [5.41, 5.74) is 2.99. The molecule has 35 heavy (non-hydrogen) atoms. The van der Waals surface area contributed by atoms with E-state index in [0.717, 1.165) is 28.8 Å². The molecule has 0 aliphatic heterocycles. The Kier molecular flexibility index (Phi) is 19.3. The number of ether oxygens (including phenoxy) is 1. The summed E-state index contributed by atoms with van der Waals surface area (Å²) < 4.78 is 6.35. The number of rotatable bonds is 20. The summed E-state index contributed by atoms with van der Waals surface area (Å²) in [6.07, 6.45) is 24.4. The van der Waals surface area contributed by atoms with Gasteiger partial charge in [-0.05, 0) is 26.7 Å². The third-order valence-corrected chi connectivity index (χ3v) is 7.03. The summed E-state index contributed by atoms with van der Waals surface area (Å²) >= 11 is 0. The molecule has 1 aromatic rings. The number of unbranched alkanes of at least 4 members (excludes halogenated alkanes) is 15. The van der Waals surface area contributed by atoms with E-state index in [2.05, 4.69) is 26.0 Å². The average molecular weight is 511 g/mol. The monoisotopic (exact) mass is 510 g/mol. The van der Waals surface area contributed by atoms with Crippen LogP contribution in [0, 0.1) is 13.8 Å². The van der Waals surface area contributed by atoms with Gasteiger partial charge in [0, 0.05) is 24.2 Å². The lowest BCUT2D eigenvalue weighted by Crippen LogP contribution is -3.00. The van der Waals surface area contributed by atoms with Gasteiger partial charge in [-0.2, -0.15) is 0 Å². The fourth-order valence-corrected chi connectivity index (χ4v) is 4.83. The van der Waals surface area contributed by atoms with Crippen molar-refractivity contribution in [2.75, 3.05) is 20.6 Å². The van der Waals surface area contributed by atoms with Gasteiger partial charge in [0.2, 0.25) is 0 Å². The van der Waals surface area contributed by atoms with Crippen LogP contribution in [0.4, 0.5) is 0 Å². The summed E-state index contributed by atoms with van der Waals surface area (Å²) in [6.45, 7) is 9.74. The van der Waals surface area contributed by atoms with E-state index in [1.807, 2.05) is 20.0 Å². The van der Waals surface area contributed by atoms with Gasteiger partial charge >= 0.3 is 5.97 Å². The van der Waals surface area contributed by atoms with Crippen molar-refractivity contribution in [3.63, 3.8) is 0 Å². The molecule has 0 saturated heterocycles. The highest BCUT2D eigenvalue weighted by Crippen LogP contribution is 2.26. The van der Waals surface area contributed by atoms with Crippen LogP contribution in [0.25, 0.3) is 0 Å². The second kappa shape index (κ2) is 20.0. The first-order valence-electron chi connectivity index (χ1n) is 14.2. The second-order valence-electron chi connectivity index (χ2n) is 11.0. The molecule has 1 rings (SSSR count). The second-order valence-corrected chi connectivity index (χ2v) is 11.0. The van der Waals surface area contributed by atoms with Crippen LogP contribution in [0.2, 0.25) is 0 Å². The number of carbonyl (C=O) groups is 1. The largest absolute Gasteiger partial charge is 1.00 e. The molecule has 204 valence electrons. The lowest BCUT2D eigenvalue weighted by Gasteiger charge is -2.30. The van der Waals surface area contributed by atoms with Crippen LogP contribution in [0.1, 0.15) is 133 Å². The quantitative estimate of drug-likeness (QED) is 0.133. The van der Waals surface area contributed by atoms with Crippen molar-refractivity contribution in [2.45, 2.75) is 137 Å². The fraction of sp³-hybridized carbons (Fsp3) is 0.800. The summed E-state index contributed by atoms with van der Waals surface area (Å²) in [7, 11) is 4.58. The van der Waals surface area contributed by atoms with E-state index in [9.17, 15) is 4.79 Å². The van der Waals surface area contributed by atoms with E-state index in [-0.39, 0.29) is 18.4 Å². The summed E-state index contributed by atoms with van der Waals surface area (Å²) in [5, 5.41) is 0. The minimum atomic E-state index is -0.285. The Labute approximate surface area is 223 Å². The molecule has 0 amide bonds. The van der Waals surface area contributed by atoms with Gasteiger partial charge in [-0.1, -0.05) is 96.8 Å². The Morgan fingerprint density at radius 1 is 0.800 bits per heavy atom. The number of quaternary nitrogens is 1. The number of hydrogen-bond acceptors (Lipinski definition) is 3. The number of esters is 1. The molecule has 0 aliphatic carbocycles. The number of hydrogen-bond donors (Lipinski definition) is 0. The van der Waals surface area contributed by atoms with E-state index in [1.165, 1.54) is 115 Å². The summed E-state index contributed by atoms with van der Waals surface area (Å²) in [5.74, 6) is 0.347. The normalized spacial score (nSPS) is 11.4. The van der Waals surface area contributed by atoms with Crippen LogP contribution >= 0.6 is 0 Å². The molecule has 0 N–H and O–H groups in total. The van der Waals surface area contributed by atoms with Crippen molar-refractivity contribution in [3.8, 4) is 5.75 Å². The van der Waals surface area contributed by atoms with E-state index in [0.29, 0.717) is 5.75 Å². The molecule has 0 atom stereocenters. The number of pyridine rings is 1. The zero-order valence-electron chi connectivity index (χ0n) is 23.9. The highest BCUT2D eigenvalue weighted by atomic mass is 35.5. The number of aromatic nitrogens is 1. The Morgan fingerprint density at radius 3 is 1.66 bits per heavy atom. The summed E-state index contributed by atoms with van der Waals surface area (Å²) in [4.78, 5) is 15.9. The number of halogens is 1. The summed E-state index contributed by atoms with van der Waals surface area (Å²) in [6, 6.07) is 0. The molecule has 0 saturated carbocycles. The number of nitrogens with zero attached hydrogens (tertiary/aromatic N) is 2. The SMILES string of the molecule is CCCCCCCCCCCCCCCCCC[N+](C)(C)Cc1cnc(C)c(OC(C)=O)c1C.[Cl-]. The molecule has 1 heterocycles. The smallest absolute Gasteiger partial charge is 0.308 e. The van der Waals surface area contributed by atoms with Crippen molar-refractivity contribution in [3.05, 3.63) is 23.0 Å². The zero-order chi connectivity index (χ0) is 25.2. The van der Waals surface area contributed by atoms with E-state index in [1.54, 1.807) is 0 Å². The highest BCUT2D eigenvalue weighted by molar-refractivity contribution is 5.70. The lowest BCUT2D eigenvalue weighted by atomic mass is 10.0. The Bertz CT molecular complexity index is 691. The van der Waals surface area contributed by atoms with Crippen molar-refractivity contribution in [2.24, 2.45) is 0 Å². The lowest BCUT2D eigenvalue weighted by molar-refractivity contribution is -0.903. The first kappa shape index (κ1) is 33.9. The van der Waals surface area contributed by atoms with Crippen LogP contribution in [0.15, 0.2) is 6.20 Å². The molecule has 0 aromatic carbocycles. The van der Waals surface area contributed by atoms with Crippen molar-refractivity contribution in [1.29, 1.82) is 0 Å². The van der Waals surface area contributed by atoms with Gasteiger partial charge in [0.05, 0.1) is 26.3 Å². The van der Waals surface area contributed by atoms with Crippen LogP contribution in [-0.4, -0.2) is 36.1 Å². The van der Waals surface area contributed by atoms with Crippen molar-refractivity contribution < 1.29 is 26.4 Å². The van der Waals surface area contributed by atoms with Crippen LogP contribution < -0.4 is 17.1 Å².